The third-order valence-electron chi connectivity index (χ3n) is 4.94. The van der Waals surface area contributed by atoms with Gasteiger partial charge in [0.1, 0.15) is 0 Å². The summed E-state index contributed by atoms with van der Waals surface area (Å²) in [5.41, 5.74) is 1.46. The quantitative estimate of drug-likeness (QED) is 0.920. The summed E-state index contributed by atoms with van der Waals surface area (Å²) in [5, 5.41) is 3.80. The van der Waals surface area contributed by atoms with E-state index in [1.54, 1.807) is 0 Å². The summed E-state index contributed by atoms with van der Waals surface area (Å²) in [6.07, 6.45) is 2.54. The van der Waals surface area contributed by atoms with Crippen molar-refractivity contribution in [2.75, 3.05) is 24.6 Å². The SMILES string of the molecule is CC(C)C1CNC(Cc2ccccc2)CN1C1CCSC1. The molecule has 2 fully saturated rings. The van der Waals surface area contributed by atoms with Crippen LogP contribution in [0.4, 0.5) is 0 Å². The summed E-state index contributed by atoms with van der Waals surface area (Å²) in [4.78, 5) is 2.83. The van der Waals surface area contributed by atoms with Gasteiger partial charge in [0.05, 0.1) is 0 Å². The van der Waals surface area contributed by atoms with Gasteiger partial charge in [-0.1, -0.05) is 44.2 Å². The fourth-order valence-corrected chi connectivity index (χ4v) is 4.95. The van der Waals surface area contributed by atoms with Crippen molar-refractivity contribution in [3.63, 3.8) is 0 Å². The van der Waals surface area contributed by atoms with E-state index in [2.05, 4.69) is 66.2 Å². The first-order valence-electron chi connectivity index (χ1n) is 8.35. The summed E-state index contributed by atoms with van der Waals surface area (Å²) in [7, 11) is 0. The molecule has 0 radical (unpaired) electrons. The van der Waals surface area contributed by atoms with Gasteiger partial charge in [-0.2, -0.15) is 11.8 Å². The molecule has 2 saturated heterocycles. The number of hydrogen-bond donors (Lipinski definition) is 1. The van der Waals surface area contributed by atoms with Gasteiger partial charge >= 0.3 is 0 Å². The maximum Gasteiger partial charge on any atom is 0.0247 e. The summed E-state index contributed by atoms with van der Waals surface area (Å²) in [6.45, 7) is 7.11. The normalized spacial score (nSPS) is 30.9. The maximum atomic E-state index is 3.80. The van der Waals surface area contributed by atoms with E-state index in [1.165, 1.54) is 30.0 Å². The predicted octanol–water partition coefficient (Wildman–Crippen LogP) is 3.03. The molecule has 2 nitrogen and oxygen atoms in total. The summed E-state index contributed by atoms with van der Waals surface area (Å²) in [5.74, 6) is 3.42. The first-order chi connectivity index (χ1) is 10.2. The number of nitrogens with zero attached hydrogens (tertiary/aromatic N) is 1. The van der Waals surface area contributed by atoms with Gasteiger partial charge in [0.25, 0.3) is 0 Å². The van der Waals surface area contributed by atoms with Crippen molar-refractivity contribution in [3.05, 3.63) is 35.9 Å². The molecule has 2 heterocycles. The highest BCUT2D eigenvalue weighted by Gasteiger charge is 2.35. The van der Waals surface area contributed by atoms with E-state index in [9.17, 15) is 0 Å². The van der Waals surface area contributed by atoms with Crippen LogP contribution >= 0.6 is 11.8 Å². The number of nitrogens with one attached hydrogen (secondary N) is 1. The molecule has 0 amide bonds. The van der Waals surface area contributed by atoms with Crippen molar-refractivity contribution < 1.29 is 0 Å². The molecule has 2 aliphatic rings. The van der Waals surface area contributed by atoms with Gasteiger partial charge in [-0.25, -0.2) is 0 Å². The molecule has 0 bridgehead atoms. The minimum absolute atomic E-state index is 0.605. The molecule has 116 valence electrons. The minimum atomic E-state index is 0.605. The van der Waals surface area contributed by atoms with Gasteiger partial charge in [-0.3, -0.25) is 4.90 Å². The van der Waals surface area contributed by atoms with Crippen LogP contribution in [0.15, 0.2) is 30.3 Å². The summed E-state index contributed by atoms with van der Waals surface area (Å²) in [6, 6.07) is 13.0. The Balaban J connectivity index is 1.66. The number of benzene rings is 1. The lowest BCUT2D eigenvalue weighted by molar-refractivity contribution is 0.0651. The van der Waals surface area contributed by atoms with Crippen LogP contribution in [0.3, 0.4) is 0 Å². The molecule has 0 aliphatic carbocycles. The van der Waals surface area contributed by atoms with Crippen molar-refractivity contribution in [3.8, 4) is 0 Å². The monoisotopic (exact) mass is 304 g/mol. The molecule has 0 aromatic heterocycles. The van der Waals surface area contributed by atoms with E-state index in [1.807, 2.05) is 0 Å². The number of hydrogen-bond acceptors (Lipinski definition) is 3. The maximum absolute atomic E-state index is 3.80. The van der Waals surface area contributed by atoms with Crippen LogP contribution in [0.2, 0.25) is 0 Å². The van der Waals surface area contributed by atoms with Gasteiger partial charge < -0.3 is 5.32 Å². The van der Waals surface area contributed by atoms with E-state index in [4.69, 9.17) is 0 Å². The van der Waals surface area contributed by atoms with Gasteiger partial charge in [0.15, 0.2) is 0 Å². The minimum Gasteiger partial charge on any atom is -0.311 e. The third kappa shape index (κ3) is 3.82. The van der Waals surface area contributed by atoms with E-state index in [0.29, 0.717) is 12.1 Å². The predicted molar refractivity (Wildman–Crippen MR) is 93.0 cm³/mol. The Labute approximate surface area is 133 Å². The zero-order valence-corrected chi connectivity index (χ0v) is 14.1. The molecule has 0 saturated carbocycles. The van der Waals surface area contributed by atoms with Crippen molar-refractivity contribution in [1.29, 1.82) is 0 Å². The van der Waals surface area contributed by atoms with Crippen LogP contribution in [0, 0.1) is 5.92 Å². The molecular formula is C18H28N2S. The highest BCUT2D eigenvalue weighted by atomic mass is 32.2. The smallest absolute Gasteiger partial charge is 0.0247 e. The van der Waals surface area contributed by atoms with Gasteiger partial charge in [-0.05, 0) is 30.1 Å². The first-order valence-corrected chi connectivity index (χ1v) is 9.50. The second-order valence-corrected chi connectivity index (χ2v) is 7.97. The zero-order valence-electron chi connectivity index (χ0n) is 13.3. The molecule has 3 atom stereocenters. The molecule has 1 aromatic rings. The average Bonchev–Trinajstić information content (AvgIpc) is 3.02. The Bertz CT molecular complexity index is 428. The lowest BCUT2D eigenvalue weighted by Gasteiger charge is -2.45. The second-order valence-electron chi connectivity index (χ2n) is 6.82. The molecule has 2 aliphatic heterocycles. The number of thioether (sulfide) groups is 1. The number of piperazine rings is 1. The fraction of sp³-hybridized carbons (Fsp3) is 0.667. The highest BCUT2D eigenvalue weighted by molar-refractivity contribution is 7.99. The Hall–Kier alpha value is -0.510. The van der Waals surface area contributed by atoms with Crippen LogP contribution in [0.5, 0.6) is 0 Å². The molecular weight excluding hydrogens is 276 g/mol. The Morgan fingerprint density at radius 1 is 1.29 bits per heavy atom. The Morgan fingerprint density at radius 3 is 2.76 bits per heavy atom. The Morgan fingerprint density at radius 2 is 2.10 bits per heavy atom. The van der Waals surface area contributed by atoms with E-state index in [0.717, 1.165) is 24.9 Å². The lowest BCUT2D eigenvalue weighted by atomic mass is 9.94. The summed E-state index contributed by atoms with van der Waals surface area (Å²) < 4.78 is 0. The molecule has 0 spiro atoms. The standard InChI is InChI=1S/C18H28N2S/c1-14(2)18-11-19-16(10-15-6-4-3-5-7-15)12-20(18)17-8-9-21-13-17/h3-7,14,16-19H,8-13H2,1-2H3. The van der Waals surface area contributed by atoms with Crippen LogP contribution in [0.25, 0.3) is 0 Å². The van der Waals surface area contributed by atoms with E-state index >= 15 is 0 Å². The van der Waals surface area contributed by atoms with Crippen molar-refractivity contribution in [2.24, 2.45) is 5.92 Å². The van der Waals surface area contributed by atoms with Crippen molar-refractivity contribution in [1.82, 2.24) is 10.2 Å². The second kappa shape index (κ2) is 7.17. The van der Waals surface area contributed by atoms with Crippen molar-refractivity contribution in [2.45, 2.75) is 44.8 Å². The highest BCUT2D eigenvalue weighted by Crippen LogP contribution is 2.28. The molecule has 21 heavy (non-hydrogen) atoms. The number of rotatable bonds is 4. The summed E-state index contributed by atoms with van der Waals surface area (Å²) >= 11 is 2.13. The first kappa shape index (κ1) is 15.4. The molecule has 3 heteroatoms. The third-order valence-corrected chi connectivity index (χ3v) is 6.09. The van der Waals surface area contributed by atoms with Crippen LogP contribution < -0.4 is 5.32 Å². The van der Waals surface area contributed by atoms with Crippen LogP contribution in [-0.4, -0.2) is 47.6 Å². The average molecular weight is 305 g/mol. The topological polar surface area (TPSA) is 15.3 Å². The largest absolute Gasteiger partial charge is 0.311 e. The molecule has 1 aromatic carbocycles. The lowest BCUT2D eigenvalue weighted by Crippen LogP contribution is -2.61. The van der Waals surface area contributed by atoms with Gasteiger partial charge in [0.2, 0.25) is 0 Å². The zero-order chi connectivity index (χ0) is 14.7. The van der Waals surface area contributed by atoms with E-state index in [-0.39, 0.29) is 0 Å². The van der Waals surface area contributed by atoms with Crippen LogP contribution in [-0.2, 0) is 6.42 Å². The van der Waals surface area contributed by atoms with Gasteiger partial charge in [-0.15, -0.1) is 0 Å². The fourth-order valence-electron chi connectivity index (χ4n) is 3.72. The van der Waals surface area contributed by atoms with Crippen LogP contribution in [0.1, 0.15) is 25.8 Å². The van der Waals surface area contributed by atoms with Gasteiger partial charge in [0, 0.05) is 37.0 Å². The van der Waals surface area contributed by atoms with E-state index < -0.39 is 0 Å². The van der Waals surface area contributed by atoms with Crippen molar-refractivity contribution >= 4 is 11.8 Å². The Kier molecular flexibility index (Phi) is 5.25. The molecule has 3 unspecified atom stereocenters. The molecule has 1 N–H and O–H groups in total. The molecule has 3 rings (SSSR count).